The molecule has 0 fully saturated rings. The second-order valence-corrected chi connectivity index (χ2v) is 7.46. The summed E-state index contributed by atoms with van der Waals surface area (Å²) >= 11 is 5.92. The van der Waals surface area contributed by atoms with Crippen LogP contribution in [0.5, 0.6) is 0 Å². The molecular formula is C16H13ClN2O4S. The molecule has 0 radical (unpaired) electrons. The highest BCUT2D eigenvalue weighted by molar-refractivity contribution is 7.92. The van der Waals surface area contributed by atoms with E-state index >= 15 is 0 Å². The highest BCUT2D eigenvalue weighted by Crippen LogP contribution is 2.24. The van der Waals surface area contributed by atoms with E-state index in [0.29, 0.717) is 11.1 Å². The minimum Gasteiger partial charge on any atom is -0.282 e. The average molecular weight is 365 g/mol. The van der Waals surface area contributed by atoms with Crippen LogP contribution in [0, 0.1) is 0 Å². The number of para-hydroxylation sites is 1. The van der Waals surface area contributed by atoms with Gasteiger partial charge in [0, 0.05) is 6.54 Å². The standard InChI is InChI=1S/C16H13ClN2O4S/c17-13-7-3-4-8-14(13)18-24(22,23)10-9-19-15(20)11-5-1-2-6-12(11)16(19)21/h1-8,18H,9-10H2. The number of fused-ring (bicyclic) bond motifs is 1. The maximum Gasteiger partial charge on any atom is 0.261 e. The molecule has 0 aliphatic carbocycles. The van der Waals surface area contributed by atoms with E-state index in [9.17, 15) is 18.0 Å². The summed E-state index contributed by atoms with van der Waals surface area (Å²) in [5, 5.41) is 0.266. The van der Waals surface area contributed by atoms with Crippen LogP contribution in [0.1, 0.15) is 20.7 Å². The van der Waals surface area contributed by atoms with Gasteiger partial charge in [-0.25, -0.2) is 8.42 Å². The summed E-state index contributed by atoms with van der Waals surface area (Å²) < 4.78 is 26.7. The van der Waals surface area contributed by atoms with Crippen LogP contribution < -0.4 is 4.72 Å². The van der Waals surface area contributed by atoms with Gasteiger partial charge in [-0.05, 0) is 24.3 Å². The van der Waals surface area contributed by atoms with Crippen molar-refractivity contribution in [2.45, 2.75) is 0 Å². The molecule has 0 atom stereocenters. The molecular weight excluding hydrogens is 352 g/mol. The summed E-state index contributed by atoms with van der Waals surface area (Å²) in [5.41, 5.74) is 0.833. The number of nitrogens with zero attached hydrogens (tertiary/aromatic N) is 1. The second-order valence-electron chi connectivity index (χ2n) is 5.21. The molecule has 0 bridgehead atoms. The summed E-state index contributed by atoms with van der Waals surface area (Å²) in [6.45, 7) is -0.230. The first-order valence-electron chi connectivity index (χ1n) is 7.09. The Morgan fingerprint density at radius 2 is 1.46 bits per heavy atom. The predicted molar refractivity (Wildman–Crippen MR) is 90.7 cm³/mol. The first-order valence-corrected chi connectivity index (χ1v) is 9.12. The van der Waals surface area contributed by atoms with E-state index in [0.717, 1.165) is 4.90 Å². The van der Waals surface area contributed by atoms with Gasteiger partial charge in [0.1, 0.15) is 0 Å². The number of nitrogens with one attached hydrogen (secondary N) is 1. The van der Waals surface area contributed by atoms with Gasteiger partial charge in [-0.3, -0.25) is 19.2 Å². The van der Waals surface area contributed by atoms with Gasteiger partial charge < -0.3 is 0 Å². The molecule has 2 aromatic carbocycles. The molecule has 1 N–H and O–H groups in total. The number of halogens is 1. The van der Waals surface area contributed by atoms with Crippen LogP contribution in [0.25, 0.3) is 0 Å². The lowest BCUT2D eigenvalue weighted by Crippen LogP contribution is -2.35. The summed E-state index contributed by atoms with van der Waals surface area (Å²) in [4.78, 5) is 25.4. The van der Waals surface area contributed by atoms with Crippen molar-refractivity contribution < 1.29 is 18.0 Å². The Bertz CT molecular complexity index is 892. The maximum atomic E-state index is 12.2. The molecule has 0 saturated carbocycles. The minimum absolute atomic E-state index is 0.230. The van der Waals surface area contributed by atoms with E-state index in [1.165, 1.54) is 6.07 Å². The number of hydrogen-bond donors (Lipinski definition) is 1. The molecule has 0 aromatic heterocycles. The number of carbonyl (C=O) groups excluding carboxylic acids is 2. The van der Waals surface area contributed by atoms with Crippen LogP contribution in [0.4, 0.5) is 5.69 Å². The molecule has 24 heavy (non-hydrogen) atoms. The van der Waals surface area contributed by atoms with Crippen LogP contribution in [0.3, 0.4) is 0 Å². The Balaban J connectivity index is 1.71. The van der Waals surface area contributed by atoms with Gasteiger partial charge in [0.25, 0.3) is 11.8 Å². The van der Waals surface area contributed by atoms with Gasteiger partial charge >= 0.3 is 0 Å². The number of carbonyl (C=O) groups is 2. The maximum absolute atomic E-state index is 12.2. The van der Waals surface area contributed by atoms with Crippen molar-refractivity contribution in [1.82, 2.24) is 4.90 Å². The third-order valence-corrected chi connectivity index (χ3v) is 5.18. The van der Waals surface area contributed by atoms with Gasteiger partial charge in [-0.1, -0.05) is 35.9 Å². The number of rotatable bonds is 5. The Labute approximate surface area is 144 Å². The van der Waals surface area contributed by atoms with Gasteiger partial charge in [0.2, 0.25) is 10.0 Å². The second kappa shape index (κ2) is 6.26. The molecule has 0 spiro atoms. The molecule has 8 heteroatoms. The minimum atomic E-state index is -3.76. The topological polar surface area (TPSA) is 83.6 Å². The number of amides is 2. The van der Waals surface area contributed by atoms with Gasteiger partial charge in [-0.15, -0.1) is 0 Å². The monoisotopic (exact) mass is 364 g/mol. The van der Waals surface area contributed by atoms with E-state index in [2.05, 4.69) is 4.72 Å². The van der Waals surface area contributed by atoms with Crippen LogP contribution in [0.2, 0.25) is 5.02 Å². The summed E-state index contributed by atoms with van der Waals surface area (Å²) in [6.07, 6.45) is 0. The lowest BCUT2D eigenvalue weighted by atomic mass is 10.1. The Hall–Kier alpha value is -2.38. The Morgan fingerprint density at radius 1 is 0.917 bits per heavy atom. The molecule has 2 amide bonds. The fourth-order valence-corrected chi connectivity index (χ4v) is 3.69. The highest BCUT2D eigenvalue weighted by Gasteiger charge is 2.35. The van der Waals surface area contributed by atoms with Gasteiger partial charge in [-0.2, -0.15) is 0 Å². The van der Waals surface area contributed by atoms with E-state index in [1.54, 1.807) is 42.5 Å². The fourth-order valence-electron chi connectivity index (χ4n) is 2.42. The smallest absolute Gasteiger partial charge is 0.261 e. The number of hydrogen-bond acceptors (Lipinski definition) is 4. The number of anilines is 1. The zero-order valence-corrected chi connectivity index (χ0v) is 14.0. The summed E-state index contributed by atoms with van der Waals surface area (Å²) in [7, 11) is -3.76. The van der Waals surface area contributed by atoms with Crippen molar-refractivity contribution in [2.24, 2.45) is 0 Å². The van der Waals surface area contributed by atoms with Gasteiger partial charge in [0.15, 0.2) is 0 Å². The summed E-state index contributed by atoms with van der Waals surface area (Å²) in [5.74, 6) is -1.38. The van der Waals surface area contributed by atoms with E-state index < -0.39 is 27.6 Å². The summed E-state index contributed by atoms with van der Waals surface area (Å²) in [6, 6.07) is 12.8. The highest BCUT2D eigenvalue weighted by atomic mass is 35.5. The zero-order chi connectivity index (χ0) is 17.3. The third kappa shape index (κ3) is 3.13. The molecule has 1 aliphatic rings. The Kier molecular flexibility index (Phi) is 4.29. The number of benzene rings is 2. The van der Waals surface area contributed by atoms with Crippen molar-refractivity contribution in [3.05, 3.63) is 64.7 Å². The third-order valence-electron chi connectivity index (χ3n) is 3.60. The molecule has 3 rings (SSSR count). The number of imide groups is 1. The SMILES string of the molecule is O=C1c2ccccc2C(=O)N1CCS(=O)(=O)Nc1ccccc1Cl. The molecule has 0 unspecified atom stereocenters. The Morgan fingerprint density at radius 3 is 2.04 bits per heavy atom. The molecule has 0 saturated heterocycles. The van der Waals surface area contributed by atoms with Gasteiger partial charge in [0.05, 0.1) is 27.6 Å². The molecule has 2 aromatic rings. The van der Waals surface area contributed by atoms with Crippen molar-refractivity contribution in [1.29, 1.82) is 0 Å². The van der Waals surface area contributed by atoms with Crippen molar-refractivity contribution in [3.8, 4) is 0 Å². The predicted octanol–water partition coefficient (Wildman–Crippen LogP) is 2.38. The van der Waals surface area contributed by atoms with Crippen LogP contribution in [-0.4, -0.2) is 37.4 Å². The van der Waals surface area contributed by atoms with Crippen molar-refractivity contribution >= 4 is 39.1 Å². The van der Waals surface area contributed by atoms with E-state index in [1.807, 2.05) is 0 Å². The molecule has 124 valence electrons. The first kappa shape index (κ1) is 16.5. The quantitative estimate of drug-likeness (QED) is 0.825. The molecule has 6 nitrogen and oxygen atoms in total. The number of sulfonamides is 1. The molecule has 1 heterocycles. The van der Waals surface area contributed by atoms with Crippen molar-refractivity contribution in [2.75, 3.05) is 17.0 Å². The zero-order valence-electron chi connectivity index (χ0n) is 12.4. The van der Waals surface area contributed by atoms with Crippen molar-refractivity contribution in [3.63, 3.8) is 0 Å². The molecule has 1 aliphatic heterocycles. The lowest BCUT2D eigenvalue weighted by Gasteiger charge is -2.15. The first-order chi connectivity index (χ1) is 11.4. The normalized spacial score (nSPS) is 14.0. The van der Waals surface area contributed by atoms with Crippen LogP contribution in [-0.2, 0) is 10.0 Å². The largest absolute Gasteiger partial charge is 0.282 e. The fraction of sp³-hybridized carbons (Fsp3) is 0.125. The van der Waals surface area contributed by atoms with Crippen LogP contribution >= 0.6 is 11.6 Å². The average Bonchev–Trinajstić information content (AvgIpc) is 2.80. The van der Waals surface area contributed by atoms with E-state index in [-0.39, 0.29) is 17.3 Å². The van der Waals surface area contributed by atoms with E-state index in [4.69, 9.17) is 11.6 Å². The van der Waals surface area contributed by atoms with Crippen LogP contribution in [0.15, 0.2) is 48.5 Å². The lowest BCUT2D eigenvalue weighted by molar-refractivity contribution is 0.0664.